The van der Waals surface area contributed by atoms with Crippen molar-refractivity contribution in [3.63, 3.8) is 0 Å². The van der Waals surface area contributed by atoms with Crippen molar-refractivity contribution in [3.05, 3.63) is 34.2 Å². The van der Waals surface area contributed by atoms with E-state index >= 15 is 0 Å². The number of methoxy groups -OCH3 is 1. The van der Waals surface area contributed by atoms with E-state index in [1.54, 1.807) is 13.2 Å². The van der Waals surface area contributed by atoms with Gasteiger partial charge in [0.1, 0.15) is 0 Å². The molecule has 2 saturated heterocycles. The Morgan fingerprint density at radius 2 is 1.83 bits per heavy atom. The lowest BCUT2D eigenvalue weighted by molar-refractivity contribution is 0.0816. The maximum absolute atomic E-state index is 12.6. The normalized spacial score (nSPS) is 22.2. The molecular weight excluding hydrogens is 442 g/mol. The molecule has 2 atom stereocenters. The Morgan fingerprint density at radius 3 is 2.63 bits per heavy atom. The summed E-state index contributed by atoms with van der Waals surface area (Å²) in [4.78, 5) is 31.9. The SMILES string of the molecule is CCCCCCNc1nc(N2CCC(OC)CC2)nc(N2CC3CCC2c2cccc(=O)n2C3)n1. The lowest BCUT2D eigenvalue weighted by Crippen LogP contribution is -2.40. The zero-order chi connectivity index (χ0) is 24.2. The lowest BCUT2D eigenvalue weighted by Gasteiger charge is -2.37. The number of fused-ring (bicyclic) bond motifs is 2. The van der Waals surface area contributed by atoms with Crippen molar-refractivity contribution in [2.45, 2.75) is 77.0 Å². The van der Waals surface area contributed by atoms with Crippen LogP contribution >= 0.6 is 0 Å². The maximum atomic E-state index is 12.6. The fourth-order valence-electron chi connectivity index (χ4n) is 5.75. The maximum Gasteiger partial charge on any atom is 0.250 e. The first kappa shape index (κ1) is 24.0. The molecule has 6 heterocycles. The van der Waals surface area contributed by atoms with Crippen LogP contribution in [0.3, 0.4) is 0 Å². The Kier molecular flexibility index (Phi) is 7.51. The molecule has 190 valence electrons. The summed E-state index contributed by atoms with van der Waals surface area (Å²) in [5.41, 5.74) is 1.17. The minimum atomic E-state index is 0.0908. The van der Waals surface area contributed by atoms with Crippen molar-refractivity contribution in [2.75, 3.05) is 48.4 Å². The average molecular weight is 482 g/mol. The number of nitrogens with zero attached hydrogens (tertiary/aromatic N) is 6. The summed E-state index contributed by atoms with van der Waals surface area (Å²) < 4.78 is 7.53. The summed E-state index contributed by atoms with van der Waals surface area (Å²) in [6.07, 6.45) is 9.17. The van der Waals surface area contributed by atoms with Gasteiger partial charge in [-0.05, 0) is 44.1 Å². The molecule has 1 N–H and O–H groups in total. The van der Waals surface area contributed by atoms with Crippen LogP contribution < -0.4 is 20.7 Å². The molecule has 0 radical (unpaired) electrons. The molecule has 0 aliphatic carbocycles. The fraction of sp³-hybridized carbons (Fsp3) is 0.692. The first-order valence-corrected chi connectivity index (χ1v) is 13.4. The smallest absolute Gasteiger partial charge is 0.250 e. The average Bonchev–Trinajstić information content (AvgIpc) is 3.18. The number of hydrogen-bond donors (Lipinski definition) is 1. The van der Waals surface area contributed by atoms with Crippen LogP contribution in [0.15, 0.2) is 23.0 Å². The van der Waals surface area contributed by atoms with E-state index in [9.17, 15) is 4.79 Å². The van der Waals surface area contributed by atoms with Crippen molar-refractivity contribution in [1.29, 1.82) is 0 Å². The van der Waals surface area contributed by atoms with Gasteiger partial charge in [-0.15, -0.1) is 0 Å². The zero-order valence-electron chi connectivity index (χ0n) is 21.2. The van der Waals surface area contributed by atoms with Gasteiger partial charge in [0.15, 0.2) is 0 Å². The molecule has 0 amide bonds. The van der Waals surface area contributed by atoms with Crippen molar-refractivity contribution >= 4 is 17.8 Å². The van der Waals surface area contributed by atoms with Gasteiger partial charge >= 0.3 is 0 Å². The highest BCUT2D eigenvalue weighted by Crippen LogP contribution is 2.39. The van der Waals surface area contributed by atoms with E-state index in [2.05, 4.69) is 28.1 Å². The number of ether oxygens (including phenoxy) is 1. The molecule has 9 nitrogen and oxygen atoms in total. The standard InChI is InChI=1S/C26H39N7O2/c1-3-4-5-6-14-27-24-28-25(31-15-12-20(35-2)13-16-31)30-26(29-24)33-18-19-10-11-22(33)21-8-7-9-23(34)32(21)17-19/h7-9,19-20,22H,3-6,10-18H2,1-2H3,(H,27,28,29,30). The van der Waals surface area contributed by atoms with E-state index in [1.807, 2.05) is 10.6 Å². The molecule has 2 unspecified atom stereocenters. The molecule has 4 aliphatic heterocycles. The predicted octanol–water partition coefficient (Wildman–Crippen LogP) is 3.61. The Morgan fingerprint density at radius 1 is 1.00 bits per heavy atom. The van der Waals surface area contributed by atoms with Gasteiger partial charge in [0.25, 0.3) is 5.56 Å². The van der Waals surface area contributed by atoms with Crippen molar-refractivity contribution in [2.24, 2.45) is 5.92 Å². The fourth-order valence-corrected chi connectivity index (χ4v) is 5.75. The minimum Gasteiger partial charge on any atom is -0.381 e. The van der Waals surface area contributed by atoms with E-state index < -0.39 is 0 Å². The molecule has 0 spiro atoms. The Balaban J connectivity index is 1.44. The zero-order valence-corrected chi connectivity index (χ0v) is 21.2. The predicted molar refractivity (Wildman–Crippen MR) is 138 cm³/mol. The second-order valence-corrected chi connectivity index (χ2v) is 10.2. The molecular formula is C26H39N7O2. The number of anilines is 3. The van der Waals surface area contributed by atoms with Crippen molar-refractivity contribution in [3.8, 4) is 0 Å². The lowest BCUT2D eigenvalue weighted by atomic mass is 9.94. The number of nitrogens with one attached hydrogen (secondary N) is 1. The first-order valence-electron chi connectivity index (χ1n) is 13.4. The third-order valence-corrected chi connectivity index (χ3v) is 7.79. The van der Waals surface area contributed by atoms with Crippen molar-refractivity contribution in [1.82, 2.24) is 19.5 Å². The molecule has 0 aromatic carbocycles. The van der Waals surface area contributed by atoms with E-state index in [4.69, 9.17) is 19.7 Å². The van der Waals surface area contributed by atoms with Gasteiger partial charge in [0.05, 0.1) is 12.1 Å². The molecule has 35 heavy (non-hydrogen) atoms. The monoisotopic (exact) mass is 481 g/mol. The van der Waals surface area contributed by atoms with Crippen LogP contribution in [0, 0.1) is 5.92 Å². The number of rotatable bonds is 9. The summed E-state index contributed by atoms with van der Waals surface area (Å²) in [6.45, 7) is 6.47. The number of piperidine rings is 2. The van der Waals surface area contributed by atoms with Crippen LogP contribution in [0.4, 0.5) is 17.8 Å². The third kappa shape index (κ3) is 5.29. The molecule has 6 rings (SSSR count). The quantitative estimate of drug-likeness (QED) is 0.544. The Labute approximate surface area is 207 Å². The molecule has 9 heteroatoms. The van der Waals surface area contributed by atoms with Crippen LogP contribution in [0.25, 0.3) is 0 Å². The van der Waals surface area contributed by atoms with Gasteiger partial charge in [-0.3, -0.25) is 4.79 Å². The molecule has 2 bridgehead atoms. The van der Waals surface area contributed by atoms with Crippen LogP contribution in [0.2, 0.25) is 0 Å². The van der Waals surface area contributed by atoms with E-state index in [-0.39, 0.29) is 11.6 Å². The molecule has 2 fully saturated rings. The molecule has 0 saturated carbocycles. The number of unbranched alkanes of at least 4 members (excludes halogenated alkanes) is 3. The summed E-state index contributed by atoms with van der Waals surface area (Å²) in [5, 5.41) is 3.47. The van der Waals surface area contributed by atoms with E-state index in [0.29, 0.717) is 18.0 Å². The van der Waals surface area contributed by atoms with E-state index in [1.165, 1.54) is 19.3 Å². The minimum absolute atomic E-state index is 0.0908. The Bertz CT molecular complexity index is 1050. The second kappa shape index (κ2) is 10.9. The molecule has 4 aliphatic rings. The summed E-state index contributed by atoms with van der Waals surface area (Å²) in [5.74, 6) is 2.53. The third-order valence-electron chi connectivity index (χ3n) is 7.79. The van der Waals surface area contributed by atoms with Gasteiger partial charge in [0.2, 0.25) is 17.8 Å². The van der Waals surface area contributed by atoms with Gasteiger partial charge in [-0.25, -0.2) is 0 Å². The number of aromatic nitrogens is 4. The second-order valence-electron chi connectivity index (χ2n) is 10.2. The van der Waals surface area contributed by atoms with Gasteiger partial charge in [0, 0.05) is 51.6 Å². The Hall–Kier alpha value is -2.68. The first-order chi connectivity index (χ1) is 17.2. The summed E-state index contributed by atoms with van der Waals surface area (Å²) in [7, 11) is 1.79. The highest BCUT2D eigenvalue weighted by atomic mass is 16.5. The highest BCUT2D eigenvalue weighted by molar-refractivity contribution is 5.47. The van der Waals surface area contributed by atoms with Gasteiger partial charge in [-0.2, -0.15) is 15.0 Å². The number of pyridine rings is 1. The van der Waals surface area contributed by atoms with Crippen LogP contribution in [0.5, 0.6) is 0 Å². The van der Waals surface area contributed by atoms with Crippen molar-refractivity contribution < 1.29 is 4.74 Å². The van der Waals surface area contributed by atoms with E-state index in [0.717, 1.165) is 82.4 Å². The summed E-state index contributed by atoms with van der Waals surface area (Å²) in [6, 6.07) is 5.75. The van der Waals surface area contributed by atoms with Crippen LogP contribution in [-0.4, -0.2) is 58.9 Å². The van der Waals surface area contributed by atoms with Crippen LogP contribution in [0.1, 0.15) is 70.0 Å². The largest absolute Gasteiger partial charge is 0.381 e. The van der Waals surface area contributed by atoms with Crippen LogP contribution in [-0.2, 0) is 11.3 Å². The van der Waals surface area contributed by atoms with Gasteiger partial charge < -0.3 is 24.4 Å². The molecule has 2 aromatic heterocycles. The summed E-state index contributed by atoms with van der Waals surface area (Å²) >= 11 is 0. The highest BCUT2D eigenvalue weighted by Gasteiger charge is 2.37. The van der Waals surface area contributed by atoms with Gasteiger partial charge in [-0.1, -0.05) is 32.3 Å². The topological polar surface area (TPSA) is 88.4 Å². The number of hydrogen-bond acceptors (Lipinski definition) is 8. The molecule has 2 aromatic rings.